The number of H-pyrrole nitrogens is 1. The zero-order valence-corrected chi connectivity index (χ0v) is 10.8. The molecule has 1 unspecified atom stereocenters. The van der Waals surface area contributed by atoms with Gasteiger partial charge in [0.2, 0.25) is 0 Å². The van der Waals surface area contributed by atoms with Crippen molar-refractivity contribution in [1.29, 1.82) is 0 Å². The number of carbonyl (C=O) groups excluding carboxylic acids is 1. The lowest BCUT2D eigenvalue weighted by atomic mass is 9.82. The Balaban J connectivity index is 1.97. The number of carbonyl (C=O) groups is 1. The first-order chi connectivity index (χ1) is 8.65. The van der Waals surface area contributed by atoms with Gasteiger partial charge in [0, 0.05) is 17.1 Å². The number of Topliss-reactive ketones (excluding diaryl/α,β-unsaturated/α-hetero) is 1. The van der Waals surface area contributed by atoms with Crippen molar-refractivity contribution in [3.05, 3.63) is 51.8 Å². The van der Waals surface area contributed by atoms with E-state index in [2.05, 4.69) is 10.2 Å². The highest BCUT2D eigenvalue weighted by molar-refractivity contribution is 6.30. The van der Waals surface area contributed by atoms with Crippen LogP contribution >= 0.6 is 11.6 Å². The van der Waals surface area contributed by atoms with E-state index in [-0.39, 0.29) is 11.7 Å². The number of nitrogens with zero attached hydrogens (tertiary/aromatic N) is 1. The van der Waals surface area contributed by atoms with E-state index in [9.17, 15) is 4.79 Å². The molecule has 0 fully saturated rings. The van der Waals surface area contributed by atoms with E-state index in [1.165, 1.54) is 0 Å². The Hall–Kier alpha value is -1.61. The number of nitrogens with one attached hydrogen (secondary N) is 1. The number of rotatable bonds is 1. The molecule has 0 saturated carbocycles. The number of hydrogen-bond donors (Lipinski definition) is 1. The molecular formula is C14H13ClN2O. The van der Waals surface area contributed by atoms with Crippen LogP contribution < -0.4 is 0 Å². The highest BCUT2D eigenvalue weighted by Crippen LogP contribution is 2.33. The first-order valence-corrected chi connectivity index (χ1v) is 6.35. The summed E-state index contributed by atoms with van der Waals surface area (Å²) in [5.41, 5.74) is 3.66. The predicted octanol–water partition coefficient (Wildman–Crippen LogP) is 3.28. The van der Waals surface area contributed by atoms with Crippen LogP contribution in [0.1, 0.15) is 39.6 Å². The number of fused-ring (bicyclic) bond motifs is 1. The first-order valence-electron chi connectivity index (χ1n) is 5.97. The van der Waals surface area contributed by atoms with Crippen molar-refractivity contribution >= 4 is 17.4 Å². The van der Waals surface area contributed by atoms with Gasteiger partial charge in [0.15, 0.2) is 5.78 Å². The van der Waals surface area contributed by atoms with Crippen molar-refractivity contribution < 1.29 is 4.79 Å². The molecular weight excluding hydrogens is 248 g/mol. The van der Waals surface area contributed by atoms with E-state index in [1.54, 1.807) is 0 Å². The Morgan fingerprint density at radius 3 is 3.00 bits per heavy atom. The lowest BCUT2D eigenvalue weighted by Gasteiger charge is -2.21. The van der Waals surface area contributed by atoms with Gasteiger partial charge in [-0.3, -0.25) is 9.89 Å². The van der Waals surface area contributed by atoms with Crippen LogP contribution in [-0.2, 0) is 6.42 Å². The van der Waals surface area contributed by atoms with Crippen LogP contribution in [-0.4, -0.2) is 16.0 Å². The van der Waals surface area contributed by atoms with Crippen molar-refractivity contribution in [3.8, 4) is 0 Å². The molecule has 92 valence electrons. The maximum Gasteiger partial charge on any atom is 0.167 e. The van der Waals surface area contributed by atoms with E-state index >= 15 is 0 Å². The molecule has 1 N–H and O–H groups in total. The third kappa shape index (κ3) is 1.85. The van der Waals surface area contributed by atoms with Crippen molar-refractivity contribution in [2.45, 2.75) is 25.7 Å². The standard InChI is InChI=1S/C14H13ClN2O/c1-8-14-12(17-16-8)6-10(7-13(14)18)9-3-2-4-11(15)5-9/h2-5,10H,6-7H2,1H3,(H,16,17). The lowest BCUT2D eigenvalue weighted by molar-refractivity contribution is 0.0963. The van der Waals surface area contributed by atoms with Crippen molar-refractivity contribution in [1.82, 2.24) is 10.2 Å². The Morgan fingerprint density at radius 1 is 1.39 bits per heavy atom. The molecule has 0 saturated heterocycles. The molecule has 0 radical (unpaired) electrons. The van der Waals surface area contributed by atoms with Gasteiger partial charge in [-0.25, -0.2) is 0 Å². The maximum atomic E-state index is 12.1. The van der Waals surface area contributed by atoms with Crippen LogP contribution in [0.25, 0.3) is 0 Å². The quantitative estimate of drug-likeness (QED) is 0.855. The zero-order chi connectivity index (χ0) is 12.7. The number of hydrogen-bond acceptors (Lipinski definition) is 2. The van der Waals surface area contributed by atoms with Crippen LogP contribution in [0.5, 0.6) is 0 Å². The zero-order valence-electron chi connectivity index (χ0n) is 10.0. The third-order valence-corrected chi connectivity index (χ3v) is 3.73. The molecule has 18 heavy (non-hydrogen) atoms. The normalized spacial score (nSPS) is 18.8. The molecule has 1 atom stereocenters. The average Bonchev–Trinajstić information content (AvgIpc) is 2.71. The van der Waals surface area contributed by atoms with E-state index in [4.69, 9.17) is 11.6 Å². The van der Waals surface area contributed by atoms with E-state index in [0.717, 1.165) is 28.9 Å². The smallest absolute Gasteiger partial charge is 0.167 e. The van der Waals surface area contributed by atoms with Crippen LogP contribution in [0, 0.1) is 6.92 Å². The minimum absolute atomic E-state index is 0.174. The summed E-state index contributed by atoms with van der Waals surface area (Å²) < 4.78 is 0. The number of aryl methyl sites for hydroxylation is 1. The molecule has 0 amide bonds. The van der Waals surface area contributed by atoms with Crippen LogP contribution in [0.4, 0.5) is 0 Å². The summed E-state index contributed by atoms with van der Waals surface area (Å²) in [6, 6.07) is 7.73. The molecule has 1 aromatic carbocycles. The monoisotopic (exact) mass is 260 g/mol. The van der Waals surface area contributed by atoms with Gasteiger partial charge < -0.3 is 0 Å². The van der Waals surface area contributed by atoms with Gasteiger partial charge in [-0.15, -0.1) is 0 Å². The second-order valence-electron chi connectivity index (χ2n) is 4.75. The number of benzene rings is 1. The van der Waals surface area contributed by atoms with Gasteiger partial charge in [0.1, 0.15) is 0 Å². The van der Waals surface area contributed by atoms with Gasteiger partial charge in [-0.1, -0.05) is 23.7 Å². The van der Waals surface area contributed by atoms with Gasteiger partial charge in [-0.05, 0) is 37.0 Å². The topological polar surface area (TPSA) is 45.8 Å². The SMILES string of the molecule is Cc1[nH]nc2c1C(=O)CC(c1cccc(Cl)c1)C2. The fourth-order valence-corrected chi connectivity index (χ4v) is 2.82. The van der Waals surface area contributed by atoms with E-state index < -0.39 is 0 Å². The second kappa shape index (κ2) is 4.25. The second-order valence-corrected chi connectivity index (χ2v) is 5.19. The molecule has 2 aromatic rings. The van der Waals surface area contributed by atoms with Crippen LogP contribution in [0.2, 0.25) is 5.02 Å². The van der Waals surface area contributed by atoms with Crippen molar-refractivity contribution in [2.24, 2.45) is 0 Å². The van der Waals surface area contributed by atoms with Gasteiger partial charge in [0.05, 0.1) is 11.3 Å². The Bertz CT molecular complexity index is 618. The molecule has 0 aliphatic heterocycles. The van der Waals surface area contributed by atoms with Crippen LogP contribution in [0.15, 0.2) is 24.3 Å². The molecule has 0 spiro atoms. The summed E-state index contributed by atoms with van der Waals surface area (Å²) in [5.74, 6) is 0.360. The Kier molecular flexibility index (Phi) is 2.71. The molecule has 4 heteroatoms. The highest BCUT2D eigenvalue weighted by Gasteiger charge is 2.29. The number of aromatic amines is 1. The summed E-state index contributed by atoms with van der Waals surface area (Å²) in [6.45, 7) is 1.89. The molecule has 1 heterocycles. The maximum absolute atomic E-state index is 12.1. The predicted molar refractivity (Wildman–Crippen MR) is 70.2 cm³/mol. The Labute approximate surface area is 110 Å². The van der Waals surface area contributed by atoms with Gasteiger partial charge >= 0.3 is 0 Å². The molecule has 1 aliphatic rings. The molecule has 3 nitrogen and oxygen atoms in total. The highest BCUT2D eigenvalue weighted by atomic mass is 35.5. The molecule has 3 rings (SSSR count). The summed E-state index contributed by atoms with van der Waals surface area (Å²) in [4.78, 5) is 12.1. The minimum atomic E-state index is 0.174. The van der Waals surface area contributed by atoms with Gasteiger partial charge in [0.25, 0.3) is 0 Å². The fraction of sp³-hybridized carbons (Fsp3) is 0.286. The van der Waals surface area contributed by atoms with Crippen LogP contribution in [0.3, 0.4) is 0 Å². The first kappa shape index (κ1) is 11.5. The van der Waals surface area contributed by atoms with Crippen molar-refractivity contribution in [3.63, 3.8) is 0 Å². The number of aromatic nitrogens is 2. The Morgan fingerprint density at radius 2 is 2.22 bits per heavy atom. The minimum Gasteiger partial charge on any atom is -0.294 e. The summed E-state index contributed by atoms with van der Waals surface area (Å²) >= 11 is 6.00. The molecule has 1 aromatic heterocycles. The van der Waals surface area contributed by atoms with Crippen molar-refractivity contribution in [2.75, 3.05) is 0 Å². The van der Waals surface area contributed by atoms with Gasteiger partial charge in [-0.2, -0.15) is 5.10 Å². The number of ketones is 1. The third-order valence-electron chi connectivity index (χ3n) is 3.49. The summed E-state index contributed by atoms with van der Waals surface area (Å²) in [5, 5.41) is 7.83. The van der Waals surface area contributed by atoms with E-state index in [0.29, 0.717) is 11.4 Å². The number of halogens is 1. The fourth-order valence-electron chi connectivity index (χ4n) is 2.62. The lowest BCUT2D eigenvalue weighted by Crippen LogP contribution is -2.18. The average molecular weight is 261 g/mol. The summed E-state index contributed by atoms with van der Waals surface area (Å²) in [6.07, 6.45) is 1.33. The largest absolute Gasteiger partial charge is 0.294 e. The summed E-state index contributed by atoms with van der Waals surface area (Å²) in [7, 11) is 0. The van der Waals surface area contributed by atoms with E-state index in [1.807, 2.05) is 31.2 Å². The molecule has 0 bridgehead atoms. The molecule has 1 aliphatic carbocycles.